The molecule has 0 unspecified atom stereocenters. The second-order valence-corrected chi connectivity index (χ2v) is 5.97. The highest BCUT2D eigenvalue weighted by Gasteiger charge is 2.08. The summed E-state index contributed by atoms with van der Waals surface area (Å²) in [6, 6.07) is 0. The van der Waals surface area contributed by atoms with Gasteiger partial charge in [0.2, 0.25) is 0 Å². The van der Waals surface area contributed by atoms with E-state index < -0.39 is 5.97 Å². The van der Waals surface area contributed by atoms with Crippen LogP contribution in [0.25, 0.3) is 0 Å². The number of carboxylic acid groups (broad SMARTS) is 1. The highest BCUT2D eigenvalue weighted by Crippen LogP contribution is 2.08. The van der Waals surface area contributed by atoms with Crippen molar-refractivity contribution in [1.82, 2.24) is 4.90 Å². The van der Waals surface area contributed by atoms with Gasteiger partial charge in [-0.2, -0.15) is 0 Å². The molecule has 0 amide bonds. The van der Waals surface area contributed by atoms with E-state index >= 15 is 0 Å². The Morgan fingerprint density at radius 2 is 1.56 bits per heavy atom. The molecule has 0 aliphatic heterocycles. The smallest absolute Gasteiger partial charge is 0.328 e. The lowest BCUT2D eigenvalue weighted by atomic mass is 10.1. The zero-order valence-corrected chi connectivity index (χ0v) is 12.6. The lowest BCUT2D eigenvalue weighted by Crippen LogP contribution is -2.29. The molecule has 0 fully saturated rings. The van der Waals surface area contributed by atoms with Crippen molar-refractivity contribution in [2.75, 3.05) is 19.6 Å². The summed E-state index contributed by atoms with van der Waals surface area (Å²) >= 11 is 0. The molecular formula is C15H29NO2. The van der Waals surface area contributed by atoms with Crippen molar-refractivity contribution in [1.29, 1.82) is 0 Å². The molecule has 3 heteroatoms. The van der Waals surface area contributed by atoms with E-state index in [2.05, 4.69) is 32.6 Å². The van der Waals surface area contributed by atoms with Gasteiger partial charge in [-0.05, 0) is 44.7 Å². The van der Waals surface area contributed by atoms with Crippen LogP contribution in [0, 0.1) is 11.8 Å². The molecule has 0 radical (unpaired) electrons. The van der Waals surface area contributed by atoms with Crippen molar-refractivity contribution < 1.29 is 9.90 Å². The van der Waals surface area contributed by atoms with Gasteiger partial charge in [0.25, 0.3) is 0 Å². The molecule has 18 heavy (non-hydrogen) atoms. The number of carbonyl (C=O) groups is 1. The lowest BCUT2D eigenvalue weighted by Gasteiger charge is -2.24. The quantitative estimate of drug-likeness (QED) is 0.642. The van der Waals surface area contributed by atoms with Crippen molar-refractivity contribution in [2.24, 2.45) is 11.8 Å². The average Bonchev–Trinajstić information content (AvgIpc) is 2.20. The molecule has 0 bridgehead atoms. The average molecular weight is 255 g/mol. The molecule has 0 spiro atoms. The second-order valence-electron chi connectivity index (χ2n) is 5.97. The van der Waals surface area contributed by atoms with Gasteiger partial charge in [-0.1, -0.05) is 33.3 Å². The summed E-state index contributed by atoms with van der Waals surface area (Å²) in [6.45, 7) is 13.7. The Balaban J connectivity index is 4.31. The van der Waals surface area contributed by atoms with Crippen molar-refractivity contribution in [3.05, 3.63) is 11.6 Å². The Morgan fingerprint density at radius 3 is 1.89 bits per heavy atom. The van der Waals surface area contributed by atoms with E-state index in [1.54, 1.807) is 0 Å². The maximum absolute atomic E-state index is 10.6. The SMILES string of the molecule is CC(=CC(=O)O)CN(CCC(C)C)CCC(C)C. The van der Waals surface area contributed by atoms with E-state index in [9.17, 15) is 4.79 Å². The predicted octanol–water partition coefficient (Wildman–Crippen LogP) is 3.41. The van der Waals surface area contributed by atoms with Crippen LogP contribution in [0.15, 0.2) is 11.6 Å². The van der Waals surface area contributed by atoms with Crippen molar-refractivity contribution in [3.63, 3.8) is 0 Å². The molecule has 0 aromatic carbocycles. The molecule has 0 saturated heterocycles. The van der Waals surface area contributed by atoms with Crippen LogP contribution in [-0.2, 0) is 4.79 Å². The van der Waals surface area contributed by atoms with Crippen LogP contribution in [0.3, 0.4) is 0 Å². The molecule has 0 saturated carbocycles. The van der Waals surface area contributed by atoms with E-state index in [-0.39, 0.29) is 0 Å². The molecule has 3 nitrogen and oxygen atoms in total. The number of nitrogens with zero attached hydrogens (tertiary/aromatic N) is 1. The number of hydrogen-bond acceptors (Lipinski definition) is 2. The summed E-state index contributed by atoms with van der Waals surface area (Å²) in [4.78, 5) is 13.0. The summed E-state index contributed by atoms with van der Waals surface area (Å²) in [5, 5.41) is 8.74. The van der Waals surface area contributed by atoms with Crippen molar-refractivity contribution in [3.8, 4) is 0 Å². The van der Waals surface area contributed by atoms with E-state index in [0.29, 0.717) is 11.8 Å². The van der Waals surface area contributed by atoms with Crippen LogP contribution in [0.4, 0.5) is 0 Å². The molecule has 0 rings (SSSR count). The number of rotatable bonds is 9. The molecule has 0 heterocycles. The van der Waals surface area contributed by atoms with Gasteiger partial charge in [0.15, 0.2) is 0 Å². The molecule has 0 aliphatic rings. The molecule has 0 aromatic heterocycles. The van der Waals surface area contributed by atoms with Crippen LogP contribution >= 0.6 is 0 Å². The van der Waals surface area contributed by atoms with E-state index in [1.807, 2.05) is 6.92 Å². The summed E-state index contributed by atoms with van der Waals surface area (Å²) in [6.07, 6.45) is 3.65. The predicted molar refractivity (Wildman–Crippen MR) is 76.7 cm³/mol. The third-order valence-electron chi connectivity index (χ3n) is 2.89. The fraction of sp³-hybridized carbons (Fsp3) is 0.800. The highest BCUT2D eigenvalue weighted by atomic mass is 16.4. The van der Waals surface area contributed by atoms with E-state index in [1.165, 1.54) is 18.9 Å². The summed E-state index contributed by atoms with van der Waals surface area (Å²) < 4.78 is 0. The summed E-state index contributed by atoms with van der Waals surface area (Å²) in [5.74, 6) is 0.533. The topological polar surface area (TPSA) is 40.5 Å². The first-order valence-corrected chi connectivity index (χ1v) is 6.93. The highest BCUT2D eigenvalue weighted by molar-refractivity contribution is 5.80. The third-order valence-corrected chi connectivity index (χ3v) is 2.89. The zero-order chi connectivity index (χ0) is 14.1. The van der Waals surface area contributed by atoms with Crippen LogP contribution < -0.4 is 0 Å². The second kappa shape index (κ2) is 9.15. The fourth-order valence-corrected chi connectivity index (χ4v) is 1.76. The summed E-state index contributed by atoms with van der Waals surface area (Å²) in [7, 11) is 0. The zero-order valence-electron chi connectivity index (χ0n) is 12.6. The normalized spacial score (nSPS) is 12.8. The Hall–Kier alpha value is -0.830. The lowest BCUT2D eigenvalue weighted by molar-refractivity contribution is -0.131. The summed E-state index contributed by atoms with van der Waals surface area (Å²) in [5.41, 5.74) is 0.926. The maximum atomic E-state index is 10.6. The van der Waals surface area contributed by atoms with Gasteiger partial charge in [0.05, 0.1) is 0 Å². The van der Waals surface area contributed by atoms with Crippen LogP contribution in [0.5, 0.6) is 0 Å². The number of carboxylic acids is 1. The first kappa shape index (κ1) is 17.2. The Kier molecular flexibility index (Phi) is 8.73. The van der Waals surface area contributed by atoms with Gasteiger partial charge in [-0.3, -0.25) is 4.90 Å². The largest absolute Gasteiger partial charge is 0.478 e. The Labute approximate surface area is 112 Å². The Bertz CT molecular complexity index is 258. The van der Waals surface area contributed by atoms with Crippen molar-refractivity contribution in [2.45, 2.75) is 47.5 Å². The molecule has 1 N–H and O–H groups in total. The van der Waals surface area contributed by atoms with Gasteiger partial charge >= 0.3 is 5.97 Å². The molecular weight excluding hydrogens is 226 g/mol. The number of hydrogen-bond donors (Lipinski definition) is 1. The molecule has 106 valence electrons. The molecule has 0 aliphatic carbocycles. The minimum Gasteiger partial charge on any atom is -0.478 e. The Morgan fingerprint density at radius 1 is 1.11 bits per heavy atom. The molecule has 0 aromatic rings. The minimum atomic E-state index is -0.847. The fourth-order valence-electron chi connectivity index (χ4n) is 1.76. The first-order chi connectivity index (χ1) is 8.31. The van der Waals surface area contributed by atoms with E-state index in [0.717, 1.165) is 25.2 Å². The van der Waals surface area contributed by atoms with Gasteiger partial charge in [0.1, 0.15) is 0 Å². The number of aliphatic carboxylic acids is 1. The van der Waals surface area contributed by atoms with Gasteiger partial charge < -0.3 is 5.11 Å². The van der Waals surface area contributed by atoms with E-state index in [4.69, 9.17) is 5.11 Å². The van der Waals surface area contributed by atoms with Crippen LogP contribution in [-0.4, -0.2) is 35.6 Å². The molecule has 0 atom stereocenters. The van der Waals surface area contributed by atoms with Gasteiger partial charge in [0, 0.05) is 12.6 Å². The van der Waals surface area contributed by atoms with Gasteiger partial charge in [-0.25, -0.2) is 4.79 Å². The van der Waals surface area contributed by atoms with Crippen LogP contribution in [0.2, 0.25) is 0 Å². The van der Waals surface area contributed by atoms with Crippen LogP contribution in [0.1, 0.15) is 47.5 Å². The monoisotopic (exact) mass is 255 g/mol. The maximum Gasteiger partial charge on any atom is 0.328 e. The standard InChI is InChI=1S/C15H29NO2/c1-12(2)6-8-16(9-7-13(3)4)11-14(5)10-15(17)18/h10,12-13H,6-9,11H2,1-5H3,(H,17,18). The first-order valence-electron chi connectivity index (χ1n) is 6.93. The minimum absolute atomic E-state index is 0.690. The van der Waals surface area contributed by atoms with Crippen molar-refractivity contribution >= 4 is 5.97 Å². The third kappa shape index (κ3) is 10.3. The van der Waals surface area contributed by atoms with Gasteiger partial charge in [-0.15, -0.1) is 0 Å².